The molecule has 1 unspecified atom stereocenters. The molecule has 0 aliphatic carbocycles. The van der Waals surface area contributed by atoms with Crippen molar-refractivity contribution in [3.05, 3.63) is 90.3 Å². The minimum Gasteiger partial charge on any atom is -0.360 e. The molecule has 0 radical (unpaired) electrons. The number of nitrogens with one attached hydrogen (secondary N) is 2. The first-order chi connectivity index (χ1) is 15.4. The standard InChI is InChI=1S/C23H24F2N4O2S/c24-19-3-7-21(8-4-19)28-12-14-29(15-13-28)23(18-2-1-11-26-16-18)17-27-32(30,31)22-9-5-20(25)6-10-22/h1-11,16,23,27H,12-15,17H2/p+1. The second kappa shape index (κ2) is 9.72. The molecule has 1 fully saturated rings. The Balaban J connectivity index is 1.47. The van der Waals surface area contributed by atoms with Gasteiger partial charge in [0.2, 0.25) is 10.0 Å². The third-order valence-corrected chi connectivity index (χ3v) is 7.22. The second-order valence-corrected chi connectivity index (χ2v) is 9.53. The molecule has 1 atom stereocenters. The maximum Gasteiger partial charge on any atom is 0.240 e. The highest BCUT2D eigenvalue weighted by Crippen LogP contribution is 2.16. The van der Waals surface area contributed by atoms with Gasteiger partial charge in [-0.15, -0.1) is 0 Å². The summed E-state index contributed by atoms with van der Waals surface area (Å²) in [5, 5.41) is 0. The van der Waals surface area contributed by atoms with E-state index in [0.717, 1.165) is 49.6 Å². The van der Waals surface area contributed by atoms with E-state index in [4.69, 9.17) is 0 Å². The molecule has 1 aliphatic heterocycles. The molecule has 6 nitrogen and oxygen atoms in total. The molecular formula is C23H25F2N4O2S+. The molecule has 0 saturated carbocycles. The molecule has 3 aromatic rings. The third kappa shape index (κ3) is 5.29. The van der Waals surface area contributed by atoms with E-state index in [-0.39, 0.29) is 23.3 Å². The average molecular weight is 460 g/mol. The molecule has 2 heterocycles. The van der Waals surface area contributed by atoms with Gasteiger partial charge in [0.15, 0.2) is 0 Å². The smallest absolute Gasteiger partial charge is 0.240 e. The quantitative estimate of drug-likeness (QED) is 0.566. The summed E-state index contributed by atoms with van der Waals surface area (Å²) in [5.74, 6) is -0.747. The summed E-state index contributed by atoms with van der Waals surface area (Å²) in [5.41, 5.74) is 1.92. The number of quaternary nitrogens is 1. The fourth-order valence-corrected chi connectivity index (χ4v) is 5.07. The van der Waals surface area contributed by atoms with E-state index >= 15 is 0 Å². The summed E-state index contributed by atoms with van der Waals surface area (Å²) < 4.78 is 54.6. The molecule has 0 bridgehead atoms. The predicted octanol–water partition coefficient (Wildman–Crippen LogP) is 1.78. The summed E-state index contributed by atoms with van der Waals surface area (Å²) in [6, 6.07) is 14.9. The van der Waals surface area contributed by atoms with Crippen molar-refractivity contribution in [2.45, 2.75) is 10.9 Å². The average Bonchev–Trinajstić information content (AvgIpc) is 2.81. The van der Waals surface area contributed by atoms with Crippen LogP contribution in [0.4, 0.5) is 14.5 Å². The first-order valence-corrected chi connectivity index (χ1v) is 11.9. The van der Waals surface area contributed by atoms with Gasteiger partial charge in [-0.3, -0.25) is 4.98 Å². The number of hydrogen-bond acceptors (Lipinski definition) is 4. The lowest BCUT2D eigenvalue weighted by molar-refractivity contribution is -0.930. The molecule has 32 heavy (non-hydrogen) atoms. The van der Waals surface area contributed by atoms with Gasteiger partial charge < -0.3 is 9.80 Å². The molecule has 9 heteroatoms. The van der Waals surface area contributed by atoms with Crippen LogP contribution in [0.3, 0.4) is 0 Å². The first-order valence-electron chi connectivity index (χ1n) is 10.4. The van der Waals surface area contributed by atoms with E-state index in [9.17, 15) is 17.2 Å². The number of sulfonamides is 1. The minimum absolute atomic E-state index is 0.0277. The summed E-state index contributed by atoms with van der Waals surface area (Å²) in [6.45, 7) is 3.30. The van der Waals surface area contributed by atoms with Crippen molar-refractivity contribution < 1.29 is 22.1 Å². The second-order valence-electron chi connectivity index (χ2n) is 7.77. The van der Waals surface area contributed by atoms with Crippen LogP contribution in [0.2, 0.25) is 0 Å². The van der Waals surface area contributed by atoms with Crippen LogP contribution in [0.25, 0.3) is 0 Å². The van der Waals surface area contributed by atoms with E-state index in [1.807, 2.05) is 12.1 Å². The zero-order chi connectivity index (χ0) is 22.6. The fraction of sp³-hybridized carbons (Fsp3) is 0.261. The van der Waals surface area contributed by atoms with Crippen molar-refractivity contribution in [1.82, 2.24) is 9.71 Å². The van der Waals surface area contributed by atoms with E-state index in [1.165, 1.54) is 29.2 Å². The predicted molar refractivity (Wildman–Crippen MR) is 118 cm³/mol. The van der Waals surface area contributed by atoms with Gasteiger partial charge in [0, 0.05) is 23.6 Å². The van der Waals surface area contributed by atoms with Gasteiger partial charge >= 0.3 is 0 Å². The lowest BCUT2D eigenvalue weighted by atomic mass is 10.1. The number of nitrogens with zero attached hydrogens (tertiary/aromatic N) is 2. The van der Waals surface area contributed by atoms with Crippen molar-refractivity contribution in [1.29, 1.82) is 0 Å². The Bertz CT molecular complexity index is 1120. The largest absolute Gasteiger partial charge is 0.360 e. The summed E-state index contributed by atoms with van der Waals surface area (Å²) in [4.78, 5) is 7.67. The topological polar surface area (TPSA) is 66.7 Å². The van der Waals surface area contributed by atoms with E-state index < -0.39 is 15.8 Å². The van der Waals surface area contributed by atoms with E-state index in [2.05, 4.69) is 14.6 Å². The number of rotatable bonds is 7. The van der Waals surface area contributed by atoms with Crippen LogP contribution < -0.4 is 14.5 Å². The van der Waals surface area contributed by atoms with Crippen molar-refractivity contribution in [3.63, 3.8) is 0 Å². The molecule has 4 rings (SSSR count). The highest BCUT2D eigenvalue weighted by Gasteiger charge is 2.30. The van der Waals surface area contributed by atoms with Crippen LogP contribution in [-0.2, 0) is 10.0 Å². The van der Waals surface area contributed by atoms with E-state index in [0.29, 0.717) is 0 Å². The van der Waals surface area contributed by atoms with Crippen LogP contribution >= 0.6 is 0 Å². The van der Waals surface area contributed by atoms with Crippen LogP contribution in [-0.4, -0.2) is 46.1 Å². The molecule has 1 saturated heterocycles. The summed E-state index contributed by atoms with van der Waals surface area (Å²) in [7, 11) is -3.77. The molecule has 168 valence electrons. The normalized spacial score (nSPS) is 16.1. The van der Waals surface area contributed by atoms with Crippen molar-refractivity contribution in [2.75, 3.05) is 37.6 Å². The number of pyridine rings is 1. The van der Waals surface area contributed by atoms with Gasteiger partial charge in [-0.2, -0.15) is 0 Å². The summed E-state index contributed by atoms with van der Waals surface area (Å²) in [6.07, 6.45) is 3.45. The minimum atomic E-state index is -3.77. The Hall–Kier alpha value is -2.88. The number of piperazine rings is 1. The molecule has 0 amide bonds. The lowest BCUT2D eigenvalue weighted by Crippen LogP contribution is -3.15. The fourth-order valence-electron chi connectivity index (χ4n) is 4.02. The summed E-state index contributed by atoms with van der Waals surface area (Å²) >= 11 is 0. The highest BCUT2D eigenvalue weighted by molar-refractivity contribution is 7.89. The van der Waals surface area contributed by atoms with Gasteiger partial charge in [0.05, 0.1) is 37.6 Å². The Morgan fingerprint density at radius 3 is 2.19 bits per heavy atom. The van der Waals surface area contributed by atoms with Crippen LogP contribution in [0, 0.1) is 11.6 Å². The van der Waals surface area contributed by atoms with Crippen molar-refractivity contribution >= 4 is 15.7 Å². The number of hydrogen-bond donors (Lipinski definition) is 2. The third-order valence-electron chi connectivity index (χ3n) is 5.78. The van der Waals surface area contributed by atoms with Gasteiger partial charge in [-0.05, 0) is 60.7 Å². The van der Waals surface area contributed by atoms with Gasteiger partial charge in [0.25, 0.3) is 0 Å². The van der Waals surface area contributed by atoms with Gasteiger partial charge in [0.1, 0.15) is 17.7 Å². The van der Waals surface area contributed by atoms with Crippen LogP contribution in [0.1, 0.15) is 11.6 Å². The first kappa shape index (κ1) is 22.3. The molecule has 2 N–H and O–H groups in total. The van der Waals surface area contributed by atoms with Crippen LogP contribution in [0.5, 0.6) is 0 Å². The Labute approximate surface area is 186 Å². The molecule has 1 aromatic heterocycles. The maximum atomic E-state index is 13.2. The highest BCUT2D eigenvalue weighted by atomic mass is 32.2. The van der Waals surface area contributed by atoms with Crippen molar-refractivity contribution in [2.24, 2.45) is 0 Å². The molecule has 1 aliphatic rings. The molecule has 0 spiro atoms. The number of aromatic nitrogens is 1. The van der Waals surface area contributed by atoms with Crippen LogP contribution in [0.15, 0.2) is 78.0 Å². The van der Waals surface area contributed by atoms with Gasteiger partial charge in [-0.25, -0.2) is 21.9 Å². The van der Waals surface area contributed by atoms with Gasteiger partial charge in [-0.1, -0.05) is 0 Å². The lowest BCUT2D eigenvalue weighted by Gasteiger charge is -2.37. The number of halogens is 2. The number of anilines is 1. The SMILES string of the molecule is O=S(=O)(NCC(c1cccnc1)[NH+]1CCN(c2ccc(F)cc2)CC1)c1ccc(F)cc1. The molecule has 2 aromatic carbocycles. The number of benzene rings is 2. The Kier molecular flexibility index (Phi) is 6.78. The zero-order valence-corrected chi connectivity index (χ0v) is 18.2. The monoisotopic (exact) mass is 459 g/mol. The van der Waals surface area contributed by atoms with Crippen molar-refractivity contribution in [3.8, 4) is 0 Å². The van der Waals surface area contributed by atoms with E-state index in [1.54, 1.807) is 24.5 Å². The Morgan fingerprint density at radius 2 is 1.59 bits per heavy atom. The maximum absolute atomic E-state index is 13.2. The Morgan fingerprint density at radius 1 is 0.969 bits per heavy atom. The zero-order valence-electron chi connectivity index (χ0n) is 17.4. The molecular weight excluding hydrogens is 434 g/mol.